The Morgan fingerprint density at radius 2 is 2.15 bits per heavy atom. The molecule has 0 fully saturated rings. The minimum Gasteiger partial charge on any atom is -0.375 e. The van der Waals surface area contributed by atoms with E-state index >= 15 is 0 Å². The number of nitrogens with zero attached hydrogens (tertiary/aromatic N) is 1. The van der Waals surface area contributed by atoms with Crippen LogP contribution in [0.3, 0.4) is 0 Å². The van der Waals surface area contributed by atoms with E-state index in [0.29, 0.717) is 5.13 Å². The third-order valence-electron chi connectivity index (χ3n) is 1.45. The van der Waals surface area contributed by atoms with Crippen LogP contribution in [0.25, 0.3) is 11.3 Å². The molecule has 0 aromatic carbocycles. The van der Waals surface area contributed by atoms with Crippen molar-refractivity contribution in [2.24, 2.45) is 0 Å². The number of thiophene rings is 1. The third-order valence-corrected chi connectivity index (χ3v) is 4.47. The van der Waals surface area contributed by atoms with Gasteiger partial charge in [0.25, 0.3) is 0 Å². The van der Waals surface area contributed by atoms with Crippen LogP contribution in [0.1, 0.15) is 0 Å². The highest BCUT2D eigenvalue weighted by Crippen LogP contribution is 2.38. The zero-order valence-electron chi connectivity index (χ0n) is 6.25. The molecule has 0 atom stereocenters. The molecule has 0 saturated carbocycles. The van der Waals surface area contributed by atoms with E-state index in [1.165, 1.54) is 11.3 Å². The number of hydrogen-bond donors (Lipinski definition) is 1. The number of nitrogen functional groups attached to an aromatic ring is 1. The summed E-state index contributed by atoms with van der Waals surface area (Å²) < 4.78 is 2.16. The van der Waals surface area contributed by atoms with Crippen LogP contribution in [0, 0.1) is 0 Å². The van der Waals surface area contributed by atoms with Crippen LogP contribution < -0.4 is 5.73 Å². The van der Waals surface area contributed by atoms with Gasteiger partial charge in [-0.25, -0.2) is 4.98 Å². The second-order valence-electron chi connectivity index (χ2n) is 2.31. The van der Waals surface area contributed by atoms with E-state index in [2.05, 4.69) is 36.8 Å². The summed E-state index contributed by atoms with van der Waals surface area (Å²) in [6, 6.07) is 2.03. The lowest BCUT2D eigenvalue weighted by Gasteiger charge is -1.89. The summed E-state index contributed by atoms with van der Waals surface area (Å²) in [4.78, 5) is 4.21. The van der Waals surface area contributed by atoms with Crippen molar-refractivity contribution < 1.29 is 0 Å². The van der Waals surface area contributed by atoms with Crippen molar-refractivity contribution in [2.75, 3.05) is 5.73 Å². The highest BCUT2D eigenvalue weighted by molar-refractivity contribution is 9.12. The topological polar surface area (TPSA) is 38.9 Å². The van der Waals surface area contributed by atoms with Crippen LogP contribution in [0.4, 0.5) is 5.13 Å². The minimum absolute atomic E-state index is 0.601. The summed E-state index contributed by atoms with van der Waals surface area (Å²) in [7, 11) is 0. The van der Waals surface area contributed by atoms with Crippen molar-refractivity contribution in [2.45, 2.75) is 0 Å². The van der Waals surface area contributed by atoms with Crippen molar-refractivity contribution in [3.05, 3.63) is 19.0 Å². The molecule has 0 unspecified atom stereocenters. The number of nitrogens with two attached hydrogens (primary N) is 1. The van der Waals surface area contributed by atoms with Crippen molar-refractivity contribution in [1.82, 2.24) is 4.98 Å². The molecular weight excluding hydrogens is 336 g/mol. The molecule has 68 valence electrons. The second kappa shape index (κ2) is 3.68. The molecule has 0 bridgehead atoms. The maximum Gasteiger partial charge on any atom is 0.180 e. The Morgan fingerprint density at radius 1 is 1.38 bits per heavy atom. The standard InChI is InChI=1S/C7H4Br2N2S2/c8-5-1-3(6(9)13-5)4-2-12-7(10)11-4/h1-2H,(H2,10,11). The number of aromatic nitrogens is 1. The molecule has 2 aromatic rings. The number of anilines is 1. The predicted molar refractivity (Wildman–Crippen MR) is 65.2 cm³/mol. The predicted octanol–water partition coefficient (Wildman–Crippen LogP) is 3.98. The molecule has 2 N–H and O–H groups in total. The van der Waals surface area contributed by atoms with Crippen LogP contribution in [-0.2, 0) is 0 Å². The van der Waals surface area contributed by atoms with Crippen molar-refractivity contribution >= 4 is 59.7 Å². The maximum atomic E-state index is 5.56. The Kier molecular flexibility index (Phi) is 2.73. The fraction of sp³-hybridized carbons (Fsp3) is 0. The Bertz CT molecular complexity index is 435. The molecule has 0 aliphatic rings. The second-order valence-corrected chi connectivity index (χ2v) is 6.95. The lowest BCUT2D eigenvalue weighted by molar-refractivity contribution is 1.42. The number of rotatable bonds is 1. The largest absolute Gasteiger partial charge is 0.375 e. The van der Waals surface area contributed by atoms with Crippen LogP contribution in [0.5, 0.6) is 0 Å². The van der Waals surface area contributed by atoms with Gasteiger partial charge in [0, 0.05) is 10.9 Å². The zero-order valence-corrected chi connectivity index (χ0v) is 11.1. The lowest BCUT2D eigenvalue weighted by Crippen LogP contribution is -1.81. The van der Waals surface area contributed by atoms with Gasteiger partial charge in [0.1, 0.15) is 0 Å². The van der Waals surface area contributed by atoms with Crippen molar-refractivity contribution in [3.8, 4) is 11.3 Å². The van der Waals surface area contributed by atoms with E-state index in [9.17, 15) is 0 Å². The van der Waals surface area contributed by atoms with Crippen LogP contribution in [-0.4, -0.2) is 4.98 Å². The molecule has 0 aliphatic heterocycles. The molecule has 2 rings (SSSR count). The monoisotopic (exact) mass is 338 g/mol. The number of thiazole rings is 1. The molecule has 0 saturated heterocycles. The minimum atomic E-state index is 0.601. The Labute approximate surface area is 100 Å². The SMILES string of the molecule is Nc1nc(-c2cc(Br)sc2Br)cs1. The maximum absolute atomic E-state index is 5.56. The van der Waals surface area contributed by atoms with Gasteiger partial charge in [0.15, 0.2) is 5.13 Å². The number of halogens is 2. The average Bonchev–Trinajstić information content (AvgIpc) is 2.58. The molecule has 2 heterocycles. The molecule has 0 aliphatic carbocycles. The molecule has 6 heteroatoms. The highest BCUT2D eigenvalue weighted by atomic mass is 79.9. The first-order valence-electron chi connectivity index (χ1n) is 3.33. The lowest BCUT2D eigenvalue weighted by atomic mass is 10.3. The van der Waals surface area contributed by atoms with Gasteiger partial charge < -0.3 is 5.73 Å². The van der Waals surface area contributed by atoms with Crippen molar-refractivity contribution in [1.29, 1.82) is 0 Å². The summed E-state index contributed by atoms with van der Waals surface area (Å²) in [5, 5.41) is 2.55. The smallest absolute Gasteiger partial charge is 0.180 e. The fourth-order valence-electron chi connectivity index (χ4n) is 0.926. The molecule has 0 amide bonds. The van der Waals surface area contributed by atoms with Crippen molar-refractivity contribution in [3.63, 3.8) is 0 Å². The summed E-state index contributed by atoms with van der Waals surface area (Å²) in [6.07, 6.45) is 0. The Hall–Kier alpha value is 0.0900. The van der Waals surface area contributed by atoms with Gasteiger partial charge in [-0.05, 0) is 37.9 Å². The van der Waals surface area contributed by atoms with Crippen LogP contribution >= 0.6 is 54.5 Å². The molecule has 0 spiro atoms. The summed E-state index contributed by atoms with van der Waals surface area (Å²) >= 11 is 9.98. The molecule has 0 radical (unpaired) electrons. The first-order valence-corrected chi connectivity index (χ1v) is 6.61. The molecule has 2 aromatic heterocycles. The van der Waals surface area contributed by atoms with Gasteiger partial charge in [0.2, 0.25) is 0 Å². The quantitative estimate of drug-likeness (QED) is 0.853. The van der Waals surface area contributed by atoms with E-state index in [-0.39, 0.29) is 0 Å². The molecule has 2 nitrogen and oxygen atoms in total. The third kappa shape index (κ3) is 1.96. The van der Waals surface area contributed by atoms with Crippen LogP contribution in [0.15, 0.2) is 19.0 Å². The highest BCUT2D eigenvalue weighted by Gasteiger charge is 2.09. The fourth-order valence-corrected chi connectivity index (χ4v) is 4.32. The molecule has 13 heavy (non-hydrogen) atoms. The van der Waals surface area contributed by atoms with E-state index < -0.39 is 0 Å². The van der Waals surface area contributed by atoms with Gasteiger partial charge in [-0.1, -0.05) is 0 Å². The van der Waals surface area contributed by atoms with Crippen LogP contribution in [0.2, 0.25) is 0 Å². The number of hydrogen-bond acceptors (Lipinski definition) is 4. The zero-order chi connectivity index (χ0) is 9.42. The summed E-state index contributed by atoms with van der Waals surface area (Å²) in [5.74, 6) is 0. The van der Waals surface area contributed by atoms with Gasteiger partial charge in [-0.3, -0.25) is 0 Å². The average molecular weight is 340 g/mol. The van der Waals surface area contributed by atoms with Gasteiger partial charge in [0.05, 0.1) is 13.3 Å². The van der Waals surface area contributed by atoms with Gasteiger partial charge in [-0.2, -0.15) is 0 Å². The van der Waals surface area contributed by atoms with E-state index in [4.69, 9.17) is 5.73 Å². The van der Waals surface area contributed by atoms with Gasteiger partial charge in [-0.15, -0.1) is 22.7 Å². The Morgan fingerprint density at radius 3 is 2.62 bits per heavy atom. The normalized spacial score (nSPS) is 10.6. The van der Waals surface area contributed by atoms with E-state index in [0.717, 1.165) is 18.8 Å². The molecular formula is C7H4Br2N2S2. The summed E-state index contributed by atoms with van der Waals surface area (Å²) in [5.41, 5.74) is 7.57. The van der Waals surface area contributed by atoms with E-state index in [1.807, 2.05) is 11.4 Å². The first-order chi connectivity index (χ1) is 6.16. The van der Waals surface area contributed by atoms with Gasteiger partial charge >= 0.3 is 0 Å². The first kappa shape index (κ1) is 9.64. The summed E-state index contributed by atoms with van der Waals surface area (Å²) in [6.45, 7) is 0. The Balaban J connectivity index is 2.51. The van der Waals surface area contributed by atoms with E-state index in [1.54, 1.807) is 11.3 Å².